The lowest BCUT2D eigenvalue weighted by atomic mass is 9.94. The van der Waals surface area contributed by atoms with E-state index >= 15 is 0 Å². The van der Waals surface area contributed by atoms with Gasteiger partial charge in [0.1, 0.15) is 23.4 Å². The lowest BCUT2D eigenvalue weighted by molar-refractivity contribution is -0.384. The molecule has 6 rings (SSSR count). The highest BCUT2D eigenvalue weighted by Gasteiger charge is 2.48. The summed E-state index contributed by atoms with van der Waals surface area (Å²) in [6.45, 7) is 4.30. The van der Waals surface area contributed by atoms with Crippen molar-refractivity contribution in [1.82, 2.24) is 4.98 Å². The minimum atomic E-state index is -1.06. The Labute approximate surface area is 232 Å². The number of nitro groups is 1. The molecule has 11 heteroatoms. The molecule has 1 aromatic heterocycles. The monoisotopic (exact) mass is 557 g/mol. The molecule has 4 aromatic rings. The number of carbonyl (C=O) groups excluding carboxylic acids is 2. The molecule has 0 spiro atoms. The molecule has 1 N–H and O–H groups in total. The lowest BCUT2D eigenvalue weighted by Gasteiger charge is -2.23. The van der Waals surface area contributed by atoms with Gasteiger partial charge in [0.05, 0.1) is 33.4 Å². The first-order chi connectivity index (χ1) is 19.2. The van der Waals surface area contributed by atoms with Crippen LogP contribution in [0.4, 0.5) is 10.8 Å². The summed E-state index contributed by atoms with van der Waals surface area (Å²) in [7, 11) is 0. The van der Waals surface area contributed by atoms with Gasteiger partial charge >= 0.3 is 5.91 Å². The standard InChI is InChI=1S/C29H23N3O7S/c1-3-38-20-9-10-21-23(14-20)40-29(30-21)31-25(16-4-7-19(8-5-16)32(36)37)24(27(34)28(31)35)26(33)17-6-11-22-18(13-17)12-15(2)39-22/h4-11,13-15,25,33H,3,12H2,1-2H3/t15-,25+/m1/s1. The number of nitro benzene ring substituents is 1. The number of aliphatic hydroxyl groups excluding tert-OH is 1. The Morgan fingerprint density at radius 2 is 1.95 bits per heavy atom. The van der Waals surface area contributed by atoms with E-state index in [-0.39, 0.29) is 28.3 Å². The molecule has 40 heavy (non-hydrogen) atoms. The average molecular weight is 558 g/mol. The van der Waals surface area contributed by atoms with E-state index in [0.29, 0.717) is 41.2 Å². The lowest BCUT2D eigenvalue weighted by Crippen LogP contribution is -2.29. The van der Waals surface area contributed by atoms with Gasteiger partial charge in [0, 0.05) is 24.1 Å². The Bertz CT molecular complexity index is 1730. The van der Waals surface area contributed by atoms with Gasteiger partial charge in [-0.15, -0.1) is 0 Å². The number of aliphatic hydroxyl groups is 1. The van der Waals surface area contributed by atoms with Crippen LogP contribution in [0.2, 0.25) is 0 Å². The van der Waals surface area contributed by atoms with Gasteiger partial charge in [0.2, 0.25) is 0 Å². The van der Waals surface area contributed by atoms with E-state index in [4.69, 9.17) is 9.47 Å². The van der Waals surface area contributed by atoms with Crippen LogP contribution in [0.3, 0.4) is 0 Å². The first-order valence-corrected chi connectivity index (χ1v) is 13.5. The third-order valence-electron chi connectivity index (χ3n) is 6.90. The number of Topliss-reactive ketones (excluding diaryl/α,β-unsaturated/α-hetero) is 1. The number of hydrogen-bond donors (Lipinski definition) is 1. The van der Waals surface area contributed by atoms with Gasteiger partial charge in [-0.25, -0.2) is 4.98 Å². The number of aromatic nitrogens is 1. The maximum Gasteiger partial charge on any atom is 0.301 e. The molecule has 3 heterocycles. The second kappa shape index (κ2) is 9.76. The Hall–Kier alpha value is -4.77. The van der Waals surface area contributed by atoms with E-state index in [1.807, 2.05) is 19.9 Å². The quantitative estimate of drug-likeness (QED) is 0.107. The maximum absolute atomic E-state index is 13.5. The number of anilines is 1. The molecule has 202 valence electrons. The predicted molar refractivity (Wildman–Crippen MR) is 149 cm³/mol. The van der Waals surface area contributed by atoms with Crippen molar-refractivity contribution in [2.75, 3.05) is 11.5 Å². The van der Waals surface area contributed by atoms with E-state index < -0.39 is 22.7 Å². The first kappa shape index (κ1) is 25.5. The fourth-order valence-corrected chi connectivity index (χ4v) is 6.12. The Morgan fingerprint density at radius 3 is 2.67 bits per heavy atom. The third-order valence-corrected chi connectivity index (χ3v) is 7.92. The van der Waals surface area contributed by atoms with Crippen LogP contribution in [0.25, 0.3) is 16.0 Å². The van der Waals surface area contributed by atoms with Crippen LogP contribution in [0.5, 0.6) is 11.5 Å². The highest BCUT2D eigenvalue weighted by Crippen LogP contribution is 2.45. The largest absolute Gasteiger partial charge is 0.507 e. The van der Waals surface area contributed by atoms with Gasteiger partial charge in [-0.1, -0.05) is 11.3 Å². The molecule has 1 amide bonds. The first-order valence-electron chi connectivity index (χ1n) is 12.6. The van der Waals surface area contributed by atoms with Crippen molar-refractivity contribution in [3.05, 3.63) is 93.0 Å². The number of ether oxygens (including phenoxy) is 2. The summed E-state index contributed by atoms with van der Waals surface area (Å²) in [6.07, 6.45) is 0.631. The zero-order valence-electron chi connectivity index (χ0n) is 21.5. The molecule has 10 nitrogen and oxygen atoms in total. The Morgan fingerprint density at radius 1 is 1.18 bits per heavy atom. The van der Waals surface area contributed by atoms with Crippen molar-refractivity contribution in [3.63, 3.8) is 0 Å². The smallest absolute Gasteiger partial charge is 0.301 e. The maximum atomic E-state index is 13.5. The highest BCUT2D eigenvalue weighted by atomic mass is 32.1. The zero-order chi connectivity index (χ0) is 28.1. The highest BCUT2D eigenvalue weighted by molar-refractivity contribution is 7.22. The minimum absolute atomic E-state index is 0.0136. The summed E-state index contributed by atoms with van der Waals surface area (Å²) in [6, 6.07) is 15.0. The molecule has 2 aliphatic heterocycles. The van der Waals surface area contributed by atoms with Gasteiger partial charge in [-0.2, -0.15) is 0 Å². The Kier molecular flexibility index (Phi) is 6.22. The number of rotatable bonds is 6. The molecule has 3 aromatic carbocycles. The normalized spacial score (nSPS) is 19.6. The number of non-ortho nitro benzene ring substituents is 1. The molecule has 0 radical (unpaired) electrons. The van der Waals surface area contributed by atoms with Crippen molar-refractivity contribution in [3.8, 4) is 11.5 Å². The van der Waals surface area contributed by atoms with Gasteiger partial charge < -0.3 is 14.6 Å². The van der Waals surface area contributed by atoms with Crippen molar-refractivity contribution < 1.29 is 29.1 Å². The topological polar surface area (TPSA) is 132 Å². The molecule has 0 saturated carbocycles. The number of benzene rings is 3. The van der Waals surface area contributed by atoms with E-state index in [9.17, 15) is 24.8 Å². The molecule has 1 saturated heterocycles. The molecular weight excluding hydrogens is 534 g/mol. The van der Waals surface area contributed by atoms with E-state index in [2.05, 4.69) is 4.98 Å². The number of carbonyl (C=O) groups is 2. The SMILES string of the molecule is CCOc1ccc2nc(N3C(=O)C(=O)C(=C(O)c4ccc5c(c4)C[C@@H](C)O5)[C@@H]3c3ccc([N+](=O)[O-])cc3)sc2c1. The van der Waals surface area contributed by atoms with Crippen LogP contribution in [0, 0.1) is 10.1 Å². The summed E-state index contributed by atoms with van der Waals surface area (Å²) in [5.74, 6) is -0.718. The minimum Gasteiger partial charge on any atom is -0.507 e. The fourth-order valence-electron chi connectivity index (χ4n) is 5.10. The Balaban J connectivity index is 1.51. The summed E-state index contributed by atoms with van der Waals surface area (Å²) >= 11 is 1.21. The summed E-state index contributed by atoms with van der Waals surface area (Å²) in [5, 5.41) is 23.0. The zero-order valence-corrected chi connectivity index (χ0v) is 22.3. The van der Waals surface area contributed by atoms with E-state index in [1.165, 1.54) is 40.5 Å². The van der Waals surface area contributed by atoms with E-state index in [1.54, 1.807) is 30.3 Å². The van der Waals surface area contributed by atoms with Crippen LogP contribution in [0.15, 0.2) is 66.2 Å². The number of ketones is 1. The van der Waals surface area contributed by atoms with Crippen molar-refractivity contribution >= 4 is 49.8 Å². The molecule has 0 aliphatic carbocycles. The van der Waals surface area contributed by atoms with Gasteiger partial charge in [0.25, 0.3) is 11.5 Å². The third kappa shape index (κ3) is 4.24. The van der Waals surface area contributed by atoms with Crippen LogP contribution in [0.1, 0.15) is 36.6 Å². The molecular formula is C29H23N3O7S. The number of hydrogen-bond acceptors (Lipinski definition) is 9. The predicted octanol–water partition coefficient (Wildman–Crippen LogP) is 5.55. The average Bonchev–Trinajstić information content (AvgIpc) is 3.60. The molecule has 2 atom stereocenters. The fraction of sp³-hybridized carbons (Fsp3) is 0.207. The van der Waals surface area contributed by atoms with Gasteiger partial charge in [-0.3, -0.25) is 24.6 Å². The van der Waals surface area contributed by atoms with Crippen molar-refractivity contribution in [2.24, 2.45) is 0 Å². The summed E-state index contributed by atoms with van der Waals surface area (Å²) < 4.78 is 12.1. The van der Waals surface area contributed by atoms with Crippen LogP contribution in [-0.2, 0) is 16.0 Å². The van der Waals surface area contributed by atoms with Crippen LogP contribution in [-0.4, -0.2) is 39.4 Å². The second-order valence-electron chi connectivity index (χ2n) is 9.53. The molecule has 1 fully saturated rings. The summed E-state index contributed by atoms with van der Waals surface area (Å²) in [4.78, 5) is 43.7. The number of thiazole rings is 1. The number of fused-ring (bicyclic) bond motifs is 2. The van der Waals surface area contributed by atoms with E-state index in [0.717, 1.165) is 10.3 Å². The molecule has 2 aliphatic rings. The van der Waals surface area contributed by atoms with Gasteiger partial charge in [0.15, 0.2) is 5.13 Å². The van der Waals surface area contributed by atoms with Crippen molar-refractivity contribution in [2.45, 2.75) is 32.4 Å². The van der Waals surface area contributed by atoms with Crippen LogP contribution >= 0.6 is 11.3 Å². The number of nitrogens with zero attached hydrogens (tertiary/aromatic N) is 3. The second-order valence-corrected chi connectivity index (χ2v) is 10.5. The van der Waals surface area contributed by atoms with Crippen molar-refractivity contribution in [1.29, 1.82) is 0 Å². The summed E-state index contributed by atoms with van der Waals surface area (Å²) in [5.41, 5.74) is 2.01. The molecule has 0 unspecified atom stereocenters. The molecule has 0 bridgehead atoms. The number of amides is 1. The van der Waals surface area contributed by atoms with Gasteiger partial charge in [-0.05, 0) is 73.5 Å². The van der Waals surface area contributed by atoms with Crippen LogP contribution < -0.4 is 14.4 Å².